The summed E-state index contributed by atoms with van der Waals surface area (Å²) in [6.07, 6.45) is 0. The number of ether oxygens (including phenoxy) is 1. The summed E-state index contributed by atoms with van der Waals surface area (Å²) in [6, 6.07) is 12.9. The van der Waals surface area contributed by atoms with Gasteiger partial charge in [-0.2, -0.15) is 0 Å². The number of nitrogens with two attached hydrogens (primary N) is 1. The van der Waals surface area contributed by atoms with Crippen LogP contribution in [0, 0.1) is 0 Å². The molecule has 0 fully saturated rings. The maximum atomic E-state index is 6.22. The molecular formula is C15H16Cl2N2O. The van der Waals surface area contributed by atoms with Crippen molar-refractivity contribution in [3.63, 3.8) is 0 Å². The van der Waals surface area contributed by atoms with Crippen LogP contribution in [-0.4, -0.2) is 13.7 Å². The molecule has 0 saturated heterocycles. The van der Waals surface area contributed by atoms with Crippen molar-refractivity contribution in [3.05, 3.63) is 58.1 Å². The zero-order chi connectivity index (χ0) is 14.5. The largest absolute Gasteiger partial charge is 0.497 e. The van der Waals surface area contributed by atoms with Gasteiger partial charge in [-0.1, -0.05) is 35.3 Å². The molecule has 0 aliphatic heterocycles. The zero-order valence-corrected chi connectivity index (χ0v) is 12.6. The summed E-state index contributed by atoms with van der Waals surface area (Å²) < 4.78 is 5.20. The van der Waals surface area contributed by atoms with Crippen LogP contribution in [0.5, 0.6) is 5.75 Å². The van der Waals surface area contributed by atoms with Gasteiger partial charge in [0.15, 0.2) is 0 Å². The quantitative estimate of drug-likeness (QED) is 0.873. The van der Waals surface area contributed by atoms with E-state index < -0.39 is 0 Å². The van der Waals surface area contributed by atoms with Crippen molar-refractivity contribution in [1.29, 1.82) is 0 Å². The fourth-order valence-electron chi connectivity index (χ4n) is 2.01. The van der Waals surface area contributed by atoms with E-state index in [9.17, 15) is 0 Å². The molecular weight excluding hydrogens is 295 g/mol. The Kier molecular flexibility index (Phi) is 5.12. The first-order valence-electron chi connectivity index (χ1n) is 6.20. The Morgan fingerprint density at radius 2 is 1.80 bits per heavy atom. The van der Waals surface area contributed by atoms with Crippen LogP contribution in [0.3, 0.4) is 0 Å². The van der Waals surface area contributed by atoms with Crippen LogP contribution in [0.15, 0.2) is 42.5 Å². The van der Waals surface area contributed by atoms with Gasteiger partial charge < -0.3 is 15.8 Å². The number of halogens is 2. The molecule has 3 N–H and O–H groups in total. The van der Waals surface area contributed by atoms with E-state index in [1.807, 2.05) is 30.3 Å². The molecule has 0 amide bonds. The average molecular weight is 311 g/mol. The van der Waals surface area contributed by atoms with Gasteiger partial charge in [0.1, 0.15) is 5.75 Å². The molecule has 1 unspecified atom stereocenters. The van der Waals surface area contributed by atoms with Crippen molar-refractivity contribution in [2.24, 2.45) is 5.73 Å². The van der Waals surface area contributed by atoms with E-state index in [4.69, 9.17) is 33.7 Å². The molecule has 1 atom stereocenters. The number of nitrogens with one attached hydrogen (secondary N) is 1. The Hall–Kier alpha value is -1.42. The van der Waals surface area contributed by atoms with Crippen LogP contribution in [0.2, 0.25) is 10.0 Å². The van der Waals surface area contributed by atoms with Gasteiger partial charge in [-0.15, -0.1) is 0 Å². The molecule has 106 valence electrons. The fraction of sp³-hybridized carbons (Fsp3) is 0.200. The van der Waals surface area contributed by atoms with E-state index in [0.29, 0.717) is 16.6 Å². The third-order valence-electron chi connectivity index (χ3n) is 2.99. The van der Waals surface area contributed by atoms with Crippen LogP contribution < -0.4 is 15.8 Å². The summed E-state index contributed by atoms with van der Waals surface area (Å²) in [5.74, 6) is 0.774. The highest BCUT2D eigenvalue weighted by Gasteiger charge is 2.16. The second kappa shape index (κ2) is 6.84. The third kappa shape index (κ3) is 3.37. The van der Waals surface area contributed by atoms with Gasteiger partial charge in [0.2, 0.25) is 0 Å². The summed E-state index contributed by atoms with van der Waals surface area (Å²) in [4.78, 5) is 0. The Morgan fingerprint density at radius 1 is 1.15 bits per heavy atom. The van der Waals surface area contributed by atoms with Crippen molar-refractivity contribution in [2.75, 3.05) is 19.0 Å². The molecule has 2 rings (SSSR count). The van der Waals surface area contributed by atoms with Gasteiger partial charge in [-0.05, 0) is 24.3 Å². The predicted molar refractivity (Wildman–Crippen MR) is 84.9 cm³/mol. The summed E-state index contributed by atoms with van der Waals surface area (Å²) in [6.45, 7) is 0.376. The van der Waals surface area contributed by atoms with E-state index in [1.54, 1.807) is 19.2 Å². The first-order valence-corrected chi connectivity index (χ1v) is 6.96. The van der Waals surface area contributed by atoms with Gasteiger partial charge in [0.05, 0.1) is 13.2 Å². The van der Waals surface area contributed by atoms with Gasteiger partial charge in [0, 0.05) is 33.9 Å². The van der Waals surface area contributed by atoms with E-state index in [0.717, 1.165) is 17.0 Å². The Bertz CT molecular complexity index is 570. The number of hydrogen-bond donors (Lipinski definition) is 2. The van der Waals surface area contributed by atoms with Crippen molar-refractivity contribution in [2.45, 2.75) is 6.04 Å². The predicted octanol–water partition coefficient (Wildman–Crippen LogP) is 4.11. The lowest BCUT2D eigenvalue weighted by atomic mass is 10.1. The van der Waals surface area contributed by atoms with Gasteiger partial charge in [-0.25, -0.2) is 0 Å². The minimum absolute atomic E-state index is 0.164. The first-order chi connectivity index (χ1) is 9.65. The van der Waals surface area contributed by atoms with Crippen molar-refractivity contribution >= 4 is 28.9 Å². The second-order valence-electron chi connectivity index (χ2n) is 4.30. The highest BCUT2D eigenvalue weighted by Crippen LogP contribution is 2.32. The normalized spacial score (nSPS) is 12.0. The van der Waals surface area contributed by atoms with Gasteiger partial charge in [-0.3, -0.25) is 0 Å². The van der Waals surface area contributed by atoms with E-state index in [2.05, 4.69) is 5.32 Å². The Labute approximate surface area is 128 Å². The number of benzene rings is 2. The molecule has 20 heavy (non-hydrogen) atoms. The van der Waals surface area contributed by atoms with Gasteiger partial charge >= 0.3 is 0 Å². The Balaban J connectivity index is 2.29. The van der Waals surface area contributed by atoms with Crippen LogP contribution in [0.25, 0.3) is 0 Å². The van der Waals surface area contributed by atoms with Crippen LogP contribution in [0.4, 0.5) is 5.69 Å². The number of methoxy groups -OCH3 is 1. The Morgan fingerprint density at radius 3 is 2.40 bits per heavy atom. The molecule has 0 aliphatic rings. The standard InChI is InChI=1S/C15H16Cl2N2O/c1-20-11-5-2-4-10(8-11)19-14(9-18)15-12(16)6-3-7-13(15)17/h2-8,14,19H,9,18H2,1H3. The van der Waals surface area contributed by atoms with E-state index in [-0.39, 0.29) is 6.04 Å². The van der Waals surface area contributed by atoms with Crippen LogP contribution in [-0.2, 0) is 0 Å². The zero-order valence-electron chi connectivity index (χ0n) is 11.1. The molecule has 0 heterocycles. The molecule has 2 aromatic rings. The highest BCUT2D eigenvalue weighted by molar-refractivity contribution is 6.36. The minimum Gasteiger partial charge on any atom is -0.497 e. The molecule has 3 nitrogen and oxygen atoms in total. The number of anilines is 1. The minimum atomic E-state index is -0.164. The number of hydrogen-bond acceptors (Lipinski definition) is 3. The molecule has 5 heteroatoms. The summed E-state index contributed by atoms with van der Waals surface area (Å²) >= 11 is 12.4. The van der Waals surface area contributed by atoms with Crippen molar-refractivity contribution < 1.29 is 4.74 Å². The molecule has 2 aromatic carbocycles. The molecule has 0 aromatic heterocycles. The van der Waals surface area contributed by atoms with E-state index in [1.165, 1.54) is 0 Å². The average Bonchev–Trinajstić information content (AvgIpc) is 2.46. The maximum absolute atomic E-state index is 6.22. The molecule has 0 saturated carbocycles. The molecule has 0 radical (unpaired) electrons. The number of rotatable bonds is 5. The monoisotopic (exact) mass is 310 g/mol. The van der Waals surface area contributed by atoms with Crippen molar-refractivity contribution in [3.8, 4) is 5.75 Å². The summed E-state index contributed by atoms with van der Waals surface area (Å²) in [7, 11) is 1.63. The summed E-state index contributed by atoms with van der Waals surface area (Å²) in [5, 5.41) is 4.53. The smallest absolute Gasteiger partial charge is 0.120 e. The topological polar surface area (TPSA) is 47.3 Å². The van der Waals surface area contributed by atoms with Gasteiger partial charge in [0.25, 0.3) is 0 Å². The third-order valence-corrected chi connectivity index (χ3v) is 3.65. The highest BCUT2D eigenvalue weighted by atomic mass is 35.5. The van der Waals surface area contributed by atoms with Crippen LogP contribution >= 0.6 is 23.2 Å². The summed E-state index contributed by atoms with van der Waals surface area (Å²) in [5.41, 5.74) is 7.56. The molecule has 0 aliphatic carbocycles. The fourth-order valence-corrected chi connectivity index (χ4v) is 2.67. The van der Waals surface area contributed by atoms with E-state index >= 15 is 0 Å². The SMILES string of the molecule is COc1cccc(NC(CN)c2c(Cl)cccc2Cl)c1. The maximum Gasteiger partial charge on any atom is 0.120 e. The molecule has 0 bridgehead atoms. The first kappa shape index (κ1) is 15.0. The van der Waals surface area contributed by atoms with Crippen molar-refractivity contribution in [1.82, 2.24) is 0 Å². The molecule has 0 spiro atoms. The lowest BCUT2D eigenvalue weighted by Gasteiger charge is -2.21. The lowest BCUT2D eigenvalue weighted by molar-refractivity contribution is 0.415. The lowest BCUT2D eigenvalue weighted by Crippen LogP contribution is -2.21. The van der Waals surface area contributed by atoms with Crippen LogP contribution in [0.1, 0.15) is 11.6 Å². The second-order valence-corrected chi connectivity index (χ2v) is 5.11.